The first-order valence-corrected chi connectivity index (χ1v) is 10.3. The number of hydrogen-bond acceptors (Lipinski definition) is 3. The number of para-hydroxylation sites is 1. The van der Waals surface area contributed by atoms with E-state index in [1.54, 1.807) is 12.1 Å². The molecule has 2 N–H and O–H groups in total. The first-order chi connectivity index (χ1) is 12.7. The van der Waals surface area contributed by atoms with E-state index in [0.29, 0.717) is 27.2 Å². The highest BCUT2D eigenvalue weighted by atomic mass is 35.5. The van der Waals surface area contributed by atoms with Gasteiger partial charge in [0.1, 0.15) is 5.00 Å². The molecular weight excluding hydrogens is 380 g/mol. The van der Waals surface area contributed by atoms with Gasteiger partial charge in [0, 0.05) is 11.8 Å². The third-order valence-corrected chi connectivity index (χ3v) is 6.63. The summed E-state index contributed by atoms with van der Waals surface area (Å²) < 4.78 is 0. The molecule has 1 aliphatic rings. The van der Waals surface area contributed by atoms with E-state index in [9.17, 15) is 9.59 Å². The number of rotatable bonds is 3. The molecule has 27 heavy (non-hydrogen) atoms. The number of thiophene rings is 1. The van der Waals surface area contributed by atoms with Gasteiger partial charge in [-0.3, -0.25) is 9.59 Å². The molecule has 6 heteroatoms. The Bertz CT molecular complexity index is 883. The largest absolute Gasteiger partial charge is 0.321 e. The van der Waals surface area contributed by atoms with Crippen LogP contribution in [0.5, 0.6) is 0 Å². The fourth-order valence-electron chi connectivity index (χ4n) is 3.56. The van der Waals surface area contributed by atoms with Gasteiger partial charge >= 0.3 is 0 Å². The van der Waals surface area contributed by atoms with Gasteiger partial charge in [-0.05, 0) is 48.3 Å². The van der Waals surface area contributed by atoms with Gasteiger partial charge in [0.05, 0.1) is 16.3 Å². The second-order valence-electron chi connectivity index (χ2n) is 8.13. The molecule has 3 rings (SSSR count). The molecule has 0 unspecified atom stereocenters. The highest BCUT2D eigenvalue weighted by Gasteiger charge is 2.34. The molecule has 0 saturated heterocycles. The Morgan fingerprint density at radius 2 is 1.89 bits per heavy atom. The summed E-state index contributed by atoms with van der Waals surface area (Å²) in [6.07, 6.45) is 2.83. The van der Waals surface area contributed by atoms with Gasteiger partial charge < -0.3 is 10.6 Å². The summed E-state index contributed by atoms with van der Waals surface area (Å²) in [5, 5.41) is 6.87. The van der Waals surface area contributed by atoms with Gasteiger partial charge in [-0.1, -0.05) is 44.5 Å². The Kier molecular flexibility index (Phi) is 5.63. The summed E-state index contributed by atoms with van der Waals surface area (Å²) in [5.74, 6) is 0.166. The lowest BCUT2D eigenvalue weighted by atomic mass is 9.72. The van der Waals surface area contributed by atoms with Gasteiger partial charge in [-0.2, -0.15) is 0 Å². The van der Waals surface area contributed by atoms with Gasteiger partial charge in [-0.25, -0.2) is 0 Å². The monoisotopic (exact) mass is 404 g/mol. The summed E-state index contributed by atoms with van der Waals surface area (Å²) in [5.41, 5.74) is 2.43. The second kappa shape index (κ2) is 7.64. The third-order valence-electron chi connectivity index (χ3n) is 5.13. The predicted octanol–water partition coefficient (Wildman–Crippen LogP) is 5.76. The van der Waals surface area contributed by atoms with E-state index in [4.69, 9.17) is 11.6 Å². The van der Waals surface area contributed by atoms with Gasteiger partial charge in [0.25, 0.3) is 5.91 Å². The maximum absolute atomic E-state index is 13.1. The zero-order valence-corrected chi connectivity index (χ0v) is 17.7. The lowest BCUT2D eigenvalue weighted by Crippen LogP contribution is -2.27. The summed E-state index contributed by atoms with van der Waals surface area (Å²) in [6.45, 7) is 8.24. The molecule has 0 spiro atoms. The molecule has 0 bridgehead atoms. The van der Waals surface area contributed by atoms with Crippen LogP contribution in [0.1, 0.15) is 54.9 Å². The van der Waals surface area contributed by atoms with E-state index in [1.807, 2.05) is 12.1 Å². The average molecular weight is 405 g/mol. The molecule has 1 aromatic carbocycles. The number of benzene rings is 1. The molecule has 4 nitrogen and oxygen atoms in total. The first kappa shape index (κ1) is 19.9. The number of carbonyl (C=O) groups excluding carboxylic acids is 2. The lowest BCUT2D eigenvalue weighted by Gasteiger charge is -2.33. The molecule has 1 heterocycles. The van der Waals surface area contributed by atoms with Crippen LogP contribution in [0.15, 0.2) is 24.3 Å². The number of carbonyl (C=O) groups is 2. The van der Waals surface area contributed by atoms with Crippen LogP contribution in [-0.2, 0) is 17.6 Å². The van der Waals surface area contributed by atoms with Crippen molar-refractivity contribution < 1.29 is 9.59 Å². The van der Waals surface area contributed by atoms with E-state index in [2.05, 4.69) is 31.4 Å². The molecular formula is C21H25ClN2O2S. The minimum absolute atomic E-state index is 0.173. The van der Waals surface area contributed by atoms with Crippen LogP contribution in [0, 0.1) is 11.3 Å². The van der Waals surface area contributed by atoms with Crippen molar-refractivity contribution in [2.75, 3.05) is 10.6 Å². The minimum atomic E-state index is -0.224. The van der Waals surface area contributed by atoms with Crippen molar-refractivity contribution in [2.24, 2.45) is 11.3 Å². The first-order valence-electron chi connectivity index (χ1n) is 9.15. The maximum Gasteiger partial charge on any atom is 0.258 e. The van der Waals surface area contributed by atoms with Crippen LogP contribution in [0.25, 0.3) is 0 Å². The van der Waals surface area contributed by atoms with Crippen molar-refractivity contribution in [1.29, 1.82) is 0 Å². The summed E-state index contributed by atoms with van der Waals surface area (Å²) in [7, 11) is 0. The van der Waals surface area contributed by atoms with Crippen LogP contribution >= 0.6 is 22.9 Å². The van der Waals surface area contributed by atoms with Crippen LogP contribution in [-0.4, -0.2) is 11.8 Å². The highest BCUT2D eigenvalue weighted by Crippen LogP contribution is 2.44. The van der Waals surface area contributed by atoms with Gasteiger partial charge in [0.15, 0.2) is 0 Å². The minimum Gasteiger partial charge on any atom is -0.321 e. The predicted molar refractivity (Wildman–Crippen MR) is 113 cm³/mol. The number of hydrogen-bond donors (Lipinski definition) is 2. The van der Waals surface area contributed by atoms with Gasteiger partial charge in [0.2, 0.25) is 5.91 Å². The van der Waals surface area contributed by atoms with Crippen LogP contribution in [0.3, 0.4) is 0 Å². The number of nitrogens with one attached hydrogen (secondary N) is 2. The molecule has 1 aliphatic carbocycles. The zero-order valence-electron chi connectivity index (χ0n) is 16.1. The highest BCUT2D eigenvalue weighted by molar-refractivity contribution is 7.17. The number of amides is 2. The van der Waals surface area contributed by atoms with E-state index in [-0.39, 0.29) is 17.2 Å². The second-order valence-corrected chi connectivity index (χ2v) is 9.64. The van der Waals surface area contributed by atoms with Crippen LogP contribution < -0.4 is 10.6 Å². The van der Waals surface area contributed by atoms with E-state index >= 15 is 0 Å². The Morgan fingerprint density at radius 3 is 2.52 bits per heavy atom. The third kappa shape index (κ3) is 4.36. The smallest absolute Gasteiger partial charge is 0.258 e. The molecule has 1 atom stereocenters. The van der Waals surface area contributed by atoms with E-state index in [0.717, 1.165) is 24.8 Å². The van der Waals surface area contributed by atoms with E-state index in [1.165, 1.54) is 23.1 Å². The summed E-state index contributed by atoms with van der Waals surface area (Å²) in [4.78, 5) is 25.9. The molecule has 0 aliphatic heterocycles. The normalized spacial score (nSPS) is 16.6. The van der Waals surface area contributed by atoms with Gasteiger partial charge in [-0.15, -0.1) is 11.3 Å². The average Bonchev–Trinajstić information content (AvgIpc) is 2.92. The van der Waals surface area contributed by atoms with Crippen molar-refractivity contribution in [3.63, 3.8) is 0 Å². The standard InChI is InChI=1S/C21H25ClN2O2S/c1-12(25)23-20-18(19(26)24-16-8-6-5-7-15(16)22)14-10-9-13(21(2,3)4)11-17(14)27-20/h5-8,13H,9-11H2,1-4H3,(H,23,25)(H,24,26)/t13-/m1/s1. The Balaban J connectivity index is 1.96. The quantitative estimate of drug-likeness (QED) is 0.682. The molecule has 1 aromatic heterocycles. The van der Waals surface area contributed by atoms with Crippen molar-refractivity contribution in [3.8, 4) is 0 Å². The molecule has 0 radical (unpaired) electrons. The zero-order chi connectivity index (χ0) is 19.8. The summed E-state index contributed by atoms with van der Waals surface area (Å²) >= 11 is 7.71. The molecule has 0 saturated carbocycles. The molecule has 0 fully saturated rings. The Morgan fingerprint density at radius 1 is 1.19 bits per heavy atom. The Hall–Kier alpha value is -1.85. The van der Waals surface area contributed by atoms with E-state index < -0.39 is 0 Å². The molecule has 144 valence electrons. The number of halogens is 1. The van der Waals surface area contributed by atoms with Crippen LogP contribution in [0.4, 0.5) is 10.7 Å². The van der Waals surface area contributed by atoms with Crippen molar-refractivity contribution in [1.82, 2.24) is 0 Å². The van der Waals surface area contributed by atoms with Crippen molar-refractivity contribution in [3.05, 3.63) is 45.3 Å². The SMILES string of the molecule is CC(=O)Nc1sc2c(c1C(=O)Nc1ccccc1Cl)CC[C@@H](C(C)(C)C)C2. The molecule has 2 amide bonds. The topological polar surface area (TPSA) is 58.2 Å². The Labute approximate surface area is 169 Å². The fourth-order valence-corrected chi connectivity index (χ4v) is 5.11. The fraction of sp³-hybridized carbons (Fsp3) is 0.429. The lowest BCUT2D eigenvalue weighted by molar-refractivity contribution is -0.114. The summed E-state index contributed by atoms with van der Waals surface area (Å²) in [6, 6.07) is 7.16. The number of anilines is 2. The maximum atomic E-state index is 13.1. The van der Waals surface area contributed by atoms with Crippen molar-refractivity contribution in [2.45, 2.75) is 47.0 Å². The number of fused-ring (bicyclic) bond motifs is 1. The molecule has 2 aromatic rings. The van der Waals surface area contributed by atoms with Crippen molar-refractivity contribution >= 4 is 45.4 Å². The van der Waals surface area contributed by atoms with Crippen LogP contribution in [0.2, 0.25) is 5.02 Å².